The van der Waals surface area contributed by atoms with E-state index in [0.717, 1.165) is 51.9 Å². The second kappa shape index (κ2) is 14.8. The van der Waals surface area contributed by atoms with Crippen molar-refractivity contribution in [2.45, 2.75) is 51.9 Å². The minimum atomic E-state index is -0.157. The number of aliphatic hydroxyl groups is 2. The van der Waals surface area contributed by atoms with Crippen LogP contribution < -0.4 is 19.8 Å². The standard InChI is InChI=1S/C26H36N6O4/c33-19-3-13-31-17-15-29(21-31)11-1-9-27-25(35)23-5-7-24(8-6-23)26(36)28-10-2-12-30-16-18-32(22-30)14-4-20-34/h5-8,15-18,21-22,33-34H,1-4,9-14,19-20H2/p+2. The third-order valence-corrected chi connectivity index (χ3v) is 5.81. The third-order valence-electron chi connectivity index (χ3n) is 5.81. The number of carbonyl (C=O) groups excluding carboxylic acids is 2. The molecule has 0 radical (unpaired) electrons. The largest absolute Gasteiger partial charge is 0.396 e. The summed E-state index contributed by atoms with van der Waals surface area (Å²) in [6, 6.07) is 6.69. The fourth-order valence-corrected chi connectivity index (χ4v) is 3.82. The number of aromatic nitrogens is 4. The van der Waals surface area contributed by atoms with Gasteiger partial charge in [-0.1, -0.05) is 0 Å². The van der Waals surface area contributed by atoms with Crippen molar-refractivity contribution in [3.05, 3.63) is 72.8 Å². The molecule has 2 amide bonds. The van der Waals surface area contributed by atoms with Crippen molar-refractivity contribution < 1.29 is 28.9 Å². The molecule has 0 aliphatic rings. The molecule has 0 unspecified atom stereocenters. The fraction of sp³-hybridized carbons (Fsp3) is 0.462. The summed E-state index contributed by atoms with van der Waals surface area (Å²) in [5.74, 6) is -0.314. The normalized spacial score (nSPS) is 10.9. The zero-order valence-electron chi connectivity index (χ0n) is 20.8. The van der Waals surface area contributed by atoms with Crippen LogP contribution in [0.15, 0.2) is 61.7 Å². The zero-order chi connectivity index (χ0) is 25.6. The maximum atomic E-state index is 12.4. The van der Waals surface area contributed by atoms with Gasteiger partial charge in [-0.05, 0) is 24.3 Å². The molecule has 0 aliphatic heterocycles. The molecule has 36 heavy (non-hydrogen) atoms. The molecular formula is C26H38N6O4+2. The molecule has 194 valence electrons. The van der Waals surface area contributed by atoms with Gasteiger partial charge >= 0.3 is 0 Å². The van der Waals surface area contributed by atoms with E-state index in [-0.39, 0.29) is 25.0 Å². The molecule has 0 fully saturated rings. The summed E-state index contributed by atoms with van der Waals surface area (Å²) < 4.78 is 8.19. The first-order valence-corrected chi connectivity index (χ1v) is 12.6. The van der Waals surface area contributed by atoms with E-state index in [2.05, 4.69) is 19.8 Å². The van der Waals surface area contributed by atoms with E-state index in [1.807, 2.05) is 46.6 Å². The summed E-state index contributed by atoms with van der Waals surface area (Å²) in [6.07, 6.45) is 15.0. The van der Waals surface area contributed by atoms with Crippen LogP contribution >= 0.6 is 0 Å². The van der Waals surface area contributed by atoms with Crippen LogP contribution in [-0.2, 0) is 26.2 Å². The molecule has 10 heteroatoms. The average Bonchev–Trinajstić information content (AvgIpc) is 3.55. The second-order valence-corrected chi connectivity index (χ2v) is 8.73. The first-order chi connectivity index (χ1) is 17.6. The number of amides is 2. The zero-order valence-corrected chi connectivity index (χ0v) is 20.8. The highest BCUT2D eigenvalue weighted by Gasteiger charge is 2.10. The Labute approximate surface area is 211 Å². The smallest absolute Gasteiger partial charge is 0.251 e. The van der Waals surface area contributed by atoms with Gasteiger partial charge in [-0.15, -0.1) is 0 Å². The van der Waals surface area contributed by atoms with E-state index in [4.69, 9.17) is 10.2 Å². The first-order valence-electron chi connectivity index (χ1n) is 12.6. The topological polar surface area (TPSA) is 116 Å². The lowest BCUT2D eigenvalue weighted by Gasteiger charge is -2.07. The van der Waals surface area contributed by atoms with Crippen LogP contribution in [0.1, 0.15) is 46.4 Å². The monoisotopic (exact) mass is 498 g/mol. The summed E-state index contributed by atoms with van der Waals surface area (Å²) in [5, 5.41) is 23.7. The quantitative estimate of drug-likeness (QED) is 0.168. The van der Waals surface area contributed by atoms with Gasteiger partial charge in [0.2, 0.25) is 12.7 Å². The van der Waals surface area contributed by atoms with Gasteiger partial charge in [0, 0.05) is 63.1 Å². The Bertz CT molecular complexity index is 991. The summed E-state index contributed by atoms with van der Waals surface area (Å²) in [4.78, 5) is 24.8. The number of imidazole rings is 2. The number of aryl methyl sites for hydroxylation is 4. The van der Waals surface area contributed by atoms with Gasteiger partial charge in [0.05, 0.1) is 26.2 Å². The molecule has 0 saturated heterocycles. The Kier molecular flexibility index (Phi) is 11.1. The van der Waals surface area contributed by atoms with Crippen molar-refractivity contribution in [1.82, 2.24) is 19.8 Å². The van der Waals surface area contributed by atoms with E-state index >= 15 is 0 Å². The third kappa shape index (κ3) is 8.94. The predicted octanol–water partition coefficient (Wildman–Crippen LogP) is 0.270. The number of hydrogen-bond acceptors (Lipinski definition) is 4. The van der Waals surface area contributed by atoms with Crippen molar-refractivity contribution >= 4 is 11.8 Å². The molecule has 3 aromatic rings. The minimum absolute atomic E-state index is 0.157. The molecule has 0 spiro atoms. The Balaban J connectivity index is 1.32. The SMILES string of the molecule is O=C(NCCCn1cc[n+](CCCO)c1)c1ccc(C(=O)NCCCn2cc[n+](CCCO)c2)cc1. The maximum absolute atomic E-state index is 12.4. The summed E-state index contributed by atoms with van der Waals surface area (Å²) in [5.41, 5.74) is 1.05. The summed E-state index contributed by atoms with van der Waals surface area (Å²) in [6.45, 7) is 4.62. The Morgan fingerprint density at radius 2 is 1.11 bits per heavy atom. The second-order valence-electron chi connectivity index (χ2n) is 8.73. The van der Waals surface area contributed by atoms with E-state index in [1.165, 1.54) is 0 Å². The van der Waals surface area contributed by atoms with Gasteiger partial charge in [-0.2, -0.15) is 0 Å². The lowest BCUT2D eigenvalue weighted by molar-refractivity contribution is -0.697. The molecule has 0 bridgehead atoms. The van der Waals surface area contributed by atoms with Crippen molar-refractivity contribution in [1.29, 1.82) is 0 Å². The van der Waals surface area contributed by atoms with Crippen molar-refractivity contribution in [2.75, 3.05) is 26.3 Å². The minimum Gasteiger partial charge on any atom is -0.396 e. The molecule has 0 atom stereocenters. The van der Waals surface area contributed by atoms with Gasteiger partial charge in [-0.25, -0.2) is 18.3 Å². The van der Waals surface area contributed by atoms with Crippen LogP contribution in [0, 0.1) is 0 Å². The Hall–Kier alpha value is -3.50. The maximum Gasteiger partial charge on any atom is 0.251 e. The summed E-state index contributed by atoms with van der Waals surface area (Å²) in [7, 11) is 0. The fourth-order valence-electron chi connectivity index (χ4n) is 3.82. The highest BCUT2D eigenvalue weighted by molar-refractivity contribution is 5.97. The molecule has 2 aromatic heterocycles. The number of aliphatic hydroxyl groups excluding tert-OH is 2. The van der Waals surface area contributed by atoms with Crippen molar-refractivity contribution in [3.8, 4) is 0 Å². The lowest BCUT2D eigenvalue weighted by atomic mass is 10.1. The average molecular weight is 499 g/mol. The molecule has 0 aliphatic carbocycles. The Morgan fingerprint density at radius 1 is 0.694 bits per heavy atom. The molecule has 1 aromatic carbocycles. The van der Waals surface area contributed by atoms with Crippen LogP contribution in [-0.4, -0.2) is 57.5 Å². The number of benzene rings is 1. The van der Waals surface area contributed by atoms with Crippen LogP contribution in [0.5, 0.6) is 0 Å². The molecule has 2 heterocycles. The lowest BCUT2D eigenvalue weighted by Crippen LogP contribution is -2.31. The van der Waals surface area contributed by atoms with Gasteiger partial charge in [0.25, 0.3) is 11.8 Å². The van der Waals surface area contributed by atoms with E-state index in [1.54, 1.807) is 24.3 Å². The highest BCUT2D eigenvalue weighted by atomic mass is 16.3. The van der Waals surface area contributed by atoms with Gasteiger partial charge in [0.1, 0.15) is 24.8 Å². The predicted molar refractivity (Wildman–Crippen MR) is 133 cm³/mol. The van der Waals surface area contributed by atoms with E-state index < -0.39 is 0 Å². The number of rotatable bonds is 16. The van der Waals surface area contributed by atoms with Crippen LogP contribution in [0.3, 0.4) is 0 Å². The van der Waals surface area contributed by atoms with E-state index in [0.29, 0.717) is 24.2 Å². The highest BCUT2D eigenvalue weighted by Crippen LogP contribution is 2.05. The number of hydrogen-bond donors (Lipinski definition) is 4. The van der Waals surface area contributed by atoms with Crippen LogP contribution in [0.2, 0.25) is 0 Å². The number of nitrogens with zero attached hydrogens (tertiary/aromatic N) is 4. The van der Waals surface area contributed by atoms with Crippen molar-refractivity contribution in [3.63, 3.8) is 0 Å². The van der Waals surface area contributed by atoms with Crippen LogP contribution in [0.4, 0.5) is 0 Å². The van der Waals surface area contributed by atoms with Crippen molar-refractivity contribution in [2.24, 2.45) is 0 Å². The Morgan fingerprint density at radius 3 is 1.50 bits per heavy atom. The number of carbonyl (C=O) groups is 2. The molecular weight excluding hydrogens is 460 g/mol. The van der Waals surface area contributed by atoms with E-state index in [9.17, 15) is 9.59 Å². The molecule has 4 N–H and O–H groups in total. The summed E-state index contributed by atoms with van der Waals surface area (Å²) >= 11 is 0. The van der Waals surface area contributed by atoms with Gasteiger partial charge in [-0.3, -0.25) is 9.59 Å². The molecule has 3 rings (SSSR count). The van der Waals surface area contributed by atoms with Gasteiger partial charge in [0.15, 0.2) is 0 Å². The molecule has 0 saturated carbocycles. The first kappa shape index (κ1) is 27.1. The van der Waals surface area contributed by atoms with Gasteiger partial charge < -0.3 is 20.8 Å². The number of nitrogens with one attached hydrogen (secondary N) is 2. The molecule has 10 nitrogen and oxygen atoms in total. The van der Waals surface area contributed by atoms with Crippen LogP contribution in [0.25, 0.3) is 0 Å².